The summed E-state index contributed by atoms with van der Waals surface area (Å²) in [6, 6.07) is 6.17. The lowest BCUT2D eigenvalue weighted by Crippen LogP contribution is -2.27. The number of hydrogen-bond acceptors (Lipinski definition) is 3. The lowest BCUT2D eigenvalue weighted by molar-refractivity contribution is 0.0876. The largest absolute Gasteiger partial charge is 0.507 e. The molecular weight excluding hydrogens is 224 g/mol. The zero-order chi connectivity index (χ0) is 9.14. The number of nitrogens with zero attached hydrogens (tertiary/aromatic N) is 1. The van der Waals surface area contributed by atoms with Crippen LogP contribution < -0.4 is 5.84 Å². The van der Waals surface area contributed by atoms with Crippen LogP contribution >= 0.6 is 16.1 Å². The molecule has 0 aliphatic heterocycles. The predicted octanol–water partition coefficient (Wildman–Crippen LogP) is 1.02. The van der Waals surface area contributed by atoms with Crippen molar-refractivity contribution in [2.45, 2.75) is 0 Å². The van der Waals surface area contributed by atoms with Crippen LogP contribution in [-0.2, 0) is 0 Å². The molecule has 4 nitrogen and oxygen atoms in total. The van der Waals surface area contributed by atoms with E-state index < -0.39 is 5.91 Å². The van der Waals surface area contributed by atoms with Crippen molar-refractivity contribution in [1.82, 2.24) is 4.03 Å². The van der Waals surface area contributed by atoms with Crippen LogP contribution in [0.3, 0.4) is 0 Å². The average Bonchev–Trinajstić information content (AvgIpc) is 2.04. The second-order valence-corrected chi connectivity index (χ2v) is 2.90. The Morgan fingerprint density at radius 3 is 2.58 bits per heavy atom. The molecule has 0 fully saturated rings. The molecule has 12 heavy (non-hydrogen) atoms. The zero-order valence-corrected chi connectivity index (χ0v) is 7.65. The molecule has 0 heterocycles. The number of rotatable bonds is 1. The smallest absolute Gasteiger partial charge is 0.281 e. The Bertz CT molecular complexity index is 301. The quantitative estimate of drug-likeness (QED) is 0.328. The fourth-order valence-electron chi connectivity index (χ4n) is 0.770. The van der Waals surface area contributed by atoms with Crippen LogP contribution in [0.2, 0.25) is 0 Å². The summed E-state index contributed by atoms with van der Waals surface area (Å²) in [6.07, 6.45) is 0. The van der Waals surface area contributed by atoms with Gasteiger partial charge in [-0.05, 0) is 12.1 Å². The SMILES string of the molecule is NN(Br)C(=O)c1ccccc1O. The summed E-state index contributed by atoms with van der Waals surface area (Å²) < 4.78 is 0.738. The summed E-state index contributed by atoms with van der Waals surface area (Å²) in [5, 5.41) is 9.21. The van der Waals surface area contributed by atoms with E-state index >= 15 is 0 Å². The molecule has 0 saturated carbocycles. The fourth-order valence-corrected chi connectivity index (χ4v) is 0.961. The summed E-state index contributed by atoms with van der Waals surface area (Å²) in [4.78, 5) is 11.2. The molecule has 0 spiro atoms. The molecule has 0 atom stereocenters. The number of halogens is 1. The second kappa shape index (κ2) is 3.55. The van der Waals surface area contributed by atoms with Crippen LogP contribution in [-0.4, -0.2) is 15.0 Å². The summed E-state index contributed by atoms with van der Waals surface area (Å²) >= 11 is 2.76. The monoisotopic (exact) mass is 230 g/mol. The zero-order valence-electron chi connectivity index (χ0n) is 6.07. The molecule has 64 valence electrons. The topological polar surface area (TPSA) is 66.6 Å². The minimum atomic E-state index is -0.492. The Balaban J connectivity index is 3.03. The van der Waals surface area contributed by atoms with E-state index in [-0.39, 0.29) is 11.3 Å². The van der Waals surface area contributed by atoms with Crippen molar-refractivity contribution in [3.8, 4) is 5.75 Å². The maximum Gasteiger partial charge on any atom is 0.281 e. The highest BCUT2D eigenvalue weighted by atomic mass is 79.9. The molecular formula is C7H7BrN2O2. The van der Waals surface area contributed by atoms with E-state index in [0.29, 0.717) is 0 Å². The molecule has 1 amide bonds. The summed E-state index contributed by atoms with van der Waals surface area (Å²) in [5.41, 5.74) is 0.164. The van der Waals surface area contributed by atoms with Gasteiger partial charge in [-0.25, -0.2) is 9.88 Å². The van der Waals surface area contributed by atoms with Crippen molar-refractivity contribution in [3.63, 3.8) is 0 Å². The number of hydrogen-bond donors (Lipinski definition) is 2. The summed E-state index contributed by atoms with van der Waals surface area (Å²) in [6.45, 7) is 0. The lowest BCUT2D eigenvalue weighted by atomic mass is 10.2. The van der Waals surface area contributed by atoms with Crippen molar-refractivity contribution >= 4 is 22.1 Å². The first-order chi connectivity index (χ1) is 5.63. The Labute approximate surface area is 77.9 Å². The number of nitrogens with two attached hydrogens (primary N) is 1. The molecule has 1 rings (SSSR count). The molecule has 0 unspecified atom stereocenters. The number of aromatic hydroxyl groups is 1. The number of phenolic OH excluding ortho intramolecular Hbond substituents is 1. The molecule has 1 aromatic rings. The van der Waals surface area contributed by atoms with Gasteiger partial charge in [-0.2, -0.15) is 0 Å². The Morgan fingerprint density at radius 1 is 1.50 bits per heavy atom. The van der Waals surface area contributed by atoms with Crippen LogP contribution in [0, 0.1) is 0 Å². The molecule has 1 aromatic carbocycles. The standard InChI is InChI=1S/C7H7BrN2O2/c8-10(9)7(12)5-3-1-2-4-6(5)11/h1-4,11H,9H2. The minimum absolute atomic E-state index is 0.0857. The lowest BCUT2D eigenvalue weighted by Gasteiger charge is -2.07. The molecule has 3 N–H and O–H groups in total. The van der Waals surface area contributed by atoms with Gasteiger partial charge in [-0.3, -0.25) is 4.79 Å². The van der Waals surface area contributed by atoms with E-state index in [1.165, 1.54) is 12.1 Å². The number of benzene rings is 1. The van der Waals surface area contributed by atoms with Gasteiger partial charge in [0.25, 0.3) is 5.91 Å². The summed E-state index contributed by atoms with van der Waals surface area (Å²) in [5.74, 6) is 4.55. The molecule has 5 heteroatoms. The predicted molar refractivity (Wildman–Crippen MR) is 47.4 cm³/mol. The van der Waals surface area contributed by atoms with E-state index in [9.17, 15) is 9.90 Å². The summed E-state index contributed by atoms with van der Waals surface area (Å²) in [7, 11) is 0. The third kappa shape index (κ3) is 1.75. The normalized spacial score (nSPS) is 9.50. The van der Waals surface area contributed by atoms with E-state index in [2.05, 4.69) is 16.1 Å². The van der Waals surface area contributed by atoms with Crippen LogP contribution in [0.4, 0.5) is 0 Å². The van der Waals surface area contributed by atoms with Crippen molar-refractivity contribution < 1.29 is 9.90 Å². The first-order valence-corrected chi connectivity index (χ1v) is 3.87. The van der Waals surface area contributed by atoms with Gasteiger partial charge in [0, 0.05) is 0 Å². The first-order valence-electron chi connectivity index (χ1n) is 3.16. The third-order valence-electron chi connectivity index (χ3n) is 1.33. The number of hydrazine groups is 1. The van der Waals surface area contributed by atoms with Crippen LogP contribution in [0.15, 0.2) is 24.3 Å². The van der Waals surface area contributed by atoms with Crippen LogP contribution in [0.5, 0.6) is 5.75 Å². The number of carbonyl (C=O) groups excluding carboxylic acids is 1. The second-order valence-electron chi connectivity index (χ2n) is 2.13. The number of carbonyl (C=O) groups is 1. The van der Waals surface area contributed by atoms with E-state index in [4.69, 9.17) is 5.84 Å². The van der Waals surface area contributed by atoms with Crippen LogP contribution in [0.25, 0.3) is 0 Å². The average molecular weight is 231 g/mol. The number of phenols is 1. The Hall–Kier alpha value is -1.07. The van der Waals surface area contributed by atoms with Crippen LogP contribution in [0.1, 0.15) is 10.4 Å². The molecule has 0 radical (unpaired) electrons. The van der Waals surface area contributed by atoms with E-state index in [0.717, 1.165) is 4.03 Å². The maximum absolute atomic E-state index is 11.2. The highest BCUT2D eigenvalue weighted by Gasteiger charge is 2.12. The van der Waals surface area contributed by atoms with Gasteiger partial charge in [0.2, 0.25) is 0 Å². The highest BCUT2D eigenvalue weighted by Crippen LogP contribution is 2.17. The van der Waals surface area contributed by atoms with Gasteiger partial charge in [0.1, 0.15) is 5.75 Å². The van der Waals surface area contributed by atoms with Gasteiger partial charge in [-0.15, -0.1) is 0 Å². The van der Waals surface area contributed by atoms with Crippen molar-refractivity contribution in [1.29, 1.82) is 0 Å². The number of para-hydroxylation sites is 1. The van der Waals surface area contributed by atoms with Gasteiger partial charge >= 0.3 is 0 Å². The minimum Gasteiger partial charge on any atom is -0.507 e. The maximum atomic E-state index is 11.2. The van der Waals surface area contributed by atoms with E-state index in [1.807, 2.05) is 0 Å². The number of amides is 1. The molecule has 0 bridgehead atoms. The Morgan fingerprint density at radius 2 is 2.08 bits per heavy atom. The van der Waals surface area contributed by atoms with Crippen molar-refractivity contribution in [2.24, 2.45) is 5.84 Å². The first kappa shape index (κ1) is 9.02. The Kier molecular flexibility index (Phi) is 2.67. The van der Waals surface area contributed by atoms with E-state index in [1.54, 1.807) is 12.1 Å². The van der Waals surface area contributed by atoms with Gasteiger partial charge in [0.05, 0.1) is 21.7 Å². The molecule has 0 aromatic heterocycles. The van der Waals surface area contributed by atoms with Gasteiger partial charge in [0.15, 0.2) is 0 Å². The highest BCUT2D eigenvalue weighted by molar-refractivity contribution is 9.07. The fraction of sp³-hybridized carbons (Fsp3) is 0. The van der Waals surface area contributed by atoms with Gasteiger partial charge < -0.3 is 5.11 Å². The van der Waals surface area contributed by atoms with Crippen molar-refractivity contribution in [2.75, 3.05) is 0 Å². The third-order valence-corrected chi connectivity index (χ3v) is 1.65. The van der Waals surface area contributed by atoms with Crippen molar-refractivity contribution in [3.05, 3.63) is 29.8 Å². The van der Waals surface area contributed by atoms with Gasteiger partial charge in [-0.1, -0.05) is 12.1 Å². The molecule has 0 aliphatic rings. The molecule has 0 aliphatic carbocycles. The molecule has 0 saturated heterocycles.